The second-order valence-corrected chi connectivity index (χ2v) is 5.49. The SMILES string of the molecule is CCCCCC(C)NC(C)CC1CCCN1. The van der Waals surface area contributed by atoms with Gasteiger partial charge in [-0.05, 0) is 46.1 Å². The van der Waals surface area contributed by atoms with Gasteiger partial charge < -0.3 is 10.6 Å². The Bertz CT molecular complexity index is 164. The molecule has 2 nitrogen and oxygen atoms in total. The molecule has 1 rings (SSSR count). The Hall–Kier alpha value is -0.0800. The zero-order valence-corrected chi connectivity index (χ0v) is 11.4. The molecule has 0 aromatic carbocycles. The molecule has 0 aromatic heterocycles. The number of unbranched alkanes of at least 4 members (excludes halogenated alkanes) is 2. The van der Waals surface area contributed by atoms with Gasteiger partial charge in [0.15, 0.2) is 0 Å². The van der Waals surface area contributed by atoms with Crippen molar-refractivity contribution in [2.75, 3.05) is 6.54 Å². The molecular formula is C14H30N2. The van der Waals surface area contributed by atoms with Crippen LogP contribution in [0.25, 0.3) is 0 Å². The van der Waals surface area contributed by atoms with Crippen molar-refractivity contribution >= 4 is 0 Å². The fourth-order valence-electron chi connectivity index (χ4n) is 2.72. The third-order valence-electron chi connectivity index (χ3n) is 3.61. The largest absolute Gasteiger partial charge is 0.314 e. The van der Waals surface area contributed by atoms with E-state index in [1.165, 1.54) is 51.5 Å². The molecule has 0 radical (unpaired) electrons. The van der Waals surface area contributed by atoms with Gasteiger partial charge in [0.05, 0.1) is 0 Å². The molecule has 0 spiro atoms. The standard InChI is InChI=1S/C14H30N2/c1-4-5-6-8-12(2)16-13(3)11-14-9-7-10-15-14/h12-16H,4-11H2,1-3H3. The summed E-state index contributed by atoms with van der Waals surface area (Å²) in [6, 6.07) is 2.11. The summed E-state index contributed by atoms with van der Waals surface area (Å²) in [7, 11) is 0. The van der Waals surface area contributed by atoms with Crippen LogP contribution in [0.1, 0.15) is 65.7 Å². The van der Waals surface area contributed by atoms with Gasteiger partial charge in [-0.15, -0.1) is 0 Å². The Morgan fingerprint density at radius 3 is 2.69 bits per heavy atom. The Balaban J connectivity index is 2.05. The molecule has 1 fully saturated rings. The van der Waals surface area contributed by atoms with Crippen molar-refractivity contribution in [2.45, 2.75) is 83.8 Å². The van der Waals surface area contributed by atoms with Crippen LogP contribution >= 0.6 is 0 Å². The fraction of sp³-hybridized carbons (Fsp3) is 1.00. The predicted octanol–water partition coefficient (Wildman–Crippen LogP) is 3.08. The van der Waals surface area contributed by atoms with Crippen molar-refractivity contribution < 1.29 is 0 Å². The van der Waals surface area contributed by atoms with E-state index in [1.807, 2.05) is 0 Å². The lowest BCUT2D eigenvalue weighted by molar-refractivity contribution is 0.384. The van der Waals surface area contributed by atoms with Crippen LogP contribution in [0.3, 0.4) is 0 Å². The molecule has 0 aromatic rings. The molecule has 0 saturated carbocycles. The van der Waals surface area contributed by atoms with Crippen molar-refractivity contribution in [2.24, 2.45) is 0 Å². The lowest BCUT2D eigenvalue weighted by atomic mass is 10.0. The highest BCUT2D eigenvalue weighted by molar-refractivity contribution is 4.79. The molecule has 1 aliphatic heterocycles. The van der Waals surface area contributed by atoms with Crippen LogP contribution in [0.5, 0.6) is 0 Å². The maximum absolute atomic E-state index is 3.73. The van der Waals surface area contributed by atoms with Gasteiger partial charge in [0.2, 0.25) is 0 Å². The minimum atomic E-state index is 0.659. The molecule has 16 heavy (non-hydrogen) atoms. The van der Waals surface area contributed by atoms with E-state index >= 15 is 0 Å². The molecule has 1 aliphatic rings. The summed E-state index contributed by atoms with van der Waals surface area (Å²) in [5, 5.41) is 7.30. The third-order valence-corrected chi connectivity index (χ3v) is 3.61. The van der Waals surface area contributed by atoms with Crippen molar-refractivity contribution in [1.29, 1.82) is 0 Å². The van der Waals surface area contributed by atoms with Crippen molar-refractivity contribution in [3.05, 3.63) is 0 Å². The van der Waals surface area contributed by atoms with E-state index < -0.39 is 0 Å². The Morgan fingerprint density at radius 2 is 2.06 bits per heavy atom. The molecule has 2 heteroatoms. The smallest absolute Gasteiger partial charge is 0.00822 e. The van der Waals surface area contributed by atoms with Crippen LogP contribution in [0.15, 0.2) is 0 Å². The van der Waals surface area contributed by atoms with Crippen molar-refractivity contribution in [1.82, 2.24) is 10.6 Å². The first-order valence-corrected chi connectivity index (χ1v) is 7.21. The third kappa shape index (κ3) is 5.86. The second-order valence-electron chi connectivity index (χ2n) is 5.49. The summed E-state index contributed by atoms with van der Waals surface area (Å²) in [5.41, 5.74) is 0. The summed E-state index contributed by atoms with van der Waals surface area (Å²) < 4.78 is 0. The highest BCUT2D eigenvalue weighted by Gasteiger charge is 2.17. The summed E-state index contributed by atoms with van der Waals surface area (Å²) in [6.07, 6.45) is 9.44. The van der Waals surface area contributed by atoms with Gasteiger partial charge in [-0.25, -0.2) is 0 Å². The quantitative estimate of drug-likeness (QED) is 0.622. The lowest BCUT2D eigenvalue weighted by Gasteiger charge is -2.22. The van der Waals surface area contributed by atoms with Crippen LogP contribution in [-0.2, 0) is 0 Å². The monoisotopic (exact) mass is 226 g/mol. The topological polar surface area (TPSA) is 24.1 Å². The molecule has 0 bridgehead atoms. The predicted molar refractivity (Wildman–Crippen MR) is 71.8 cm³/mol. The second kappa shape index (κ2) is 8.08. The van der Waals surface area contributed by atoms with Gasteiger partial charge >= 0.3 is 0 Å². The Kier molecular flexibility index (Phi) is 7.06. The van der Waals surface area contributed by atoms with Crippen LogP contribution in [0.4, 0.5) is 0 Å². The Labute approximate surface area is 102 Å². The molecule has 3 unspecified atom stereocenters. The first-order chi connectivity index (χ1) is 7.72. The minimum Gasteiger partial charge on any atom is -0.314 e. The summed E-state index contributed by atoms with van der Waals surface area (Å²) in [5.74, 6) is 0. The summed E-state index contributed by atoms with van der Waals surface area (Å²) >= 11 is 0. The number of hydrogen-bond donors (Lipinski definition) is 2. The van der Waals surface area contributed by atoms with E-state index in [1.54, 1.807) is 0 Å². The number of hydrogen-bond acceptors (Lipinski definition) is 2. The van der Waals surface area contributed by atoms with Gasteiger partial charge in [0.1, 0.15) is 0 Å². The van der Waals surface area contributed by atoms with Crippen LogP contribution < -0.4 is 10.6 Å². The maximum Gasteiger partial charge on any atom is 0.00822 e. The van der Waals surface area contributed by atoms with E-state index in [0.29, 0.717) is 12.1 Å². The summed E-state index contributed by atoms with van der Waals surface area (Å²) in [4.78, 5) is 0. The number of rotatable bonds is 8. The van der Waals surface area contributed by atoms with Gasteiger partial charge in [-0.3, -0.25) is 0 Å². The van der Waals surface area contributed by atoms with Gasteiger partial charge in [0, 0.05) is 18.1 Å². The first kappa shape index (κ1) is 14.0. The Morgan fingerprint density at radius 1 is 1.25 bits per heavy atom. The molecule has 3 atom stereocenters. The summed E-state index contributed by atoms with van der Waals surface area (Å²) in [6.45, 7) is 8.15. The van der Waals surface area contributed by atoms with Crippen LogP contribution in [0.2, 0.25) is 0 Å². The van der Waals surface area contributed by atoms with Crippen molar-refractivity contribution in [3.63, 3.8) is 0 Å². The first-order valence-electron chi connectivity index (χ1n) is 7.21. The lowest BCUT2D eigenvalue weighted by Crippen LogP contribution is -2.38. The molecule has 2 N–H and O–H groups in total. The number of nitrogens with one attached hydrogen (secondary N) is 2. The zero-order chi connectivity index (χ0) is 11.8. The van der Waals surface area contributed by atoms with Crippen molar-refractivity contribution in [3.8, 4) is 0 Å². The maximum atomic E-state index is 3.73. The van der Waals surface area contributed by atoms with E-state index in [4.69, 9.17) is 0 Å². The van der Waals surface area contributed by atoms with E-state index in [0.717, 1.165) is 6.04 Å². The van der Waals surface area contributed by atoms with E-state index in [2.05, 4.69) is 31.4 Å². The normalized spacial score (nSPS) is 24.6. The van der Waals surface area contributed by atoms with Gasteiger partial charge in [0.25, 0.3) is 0 Å². The molecule has 1 heterocycles. The van der Waals surface area contributed by atoms with Gasteiger partial charge in [-0.2, -0.15) is 0 Å². The average Bonchev–Trinajstić information content (AvgIpc) is 2.70. The molecule has 0 amide bonds. The average molecular weight is 226 g/mol. The molecule has 1 saturated heterocycles. The molecule has 0 aliphatic carbocycles. The highest BCUT2D eigenvalue weighted by Crippen LogP contribution is 2.12. The van der Waals surface area contributed by atoms with Crippen LogP contribution in [0, 0.1) is 0 Å². The van der Waals surface area contributed by atoms with E-state index in [-0.39, 0.29) is 0 Å². The van der Waals surface area contributed by atoms with Crippen LogP contribution in [-0.4, -0.2) is 24.7 Å². The highest BCUT2D eigenvalue weighted by atomic mass is 15.0. The molecule has 96 valence electrons. The molecular weight excluding hydrogens is 196 g/mol. The minimum absolute atomic E-state index is 0.659. The fourth-order valence-corrected chi connectivity index (χ4v) is 2.72. The zero-order valence-electron chi connectivity index (χ0n) is 11.4. The van der Waals surface area contributed by atoms with Gasteiger partial charge in [-0.1, -0.05) is 26.2 Å². The van der Waals surface area contributed by atoms with E-state index in [9.17, 15) is 0 Å².